The molecule has 1 aromatic carbocycles. The SMILES string of the molecule is C[C@@H](NC(=O)CN(C)S(=O)(=O)N(C)C)c1ccc(Cl)cc1. The van der Waals surface area contributed by atoms with Crippen molar-refractivity contribution in [2.24, 2.45) is 0 Å². The van der Waals surface area contributed by atoms with Gasteiger partial charge in [-0.05, 0) is 24.6 Å². The number of hydrogen-bond acceptors (Lipinski definition) is 3. The molecule has 0 bridgehead atoms. The van der Waals surface area contributed by atoms with Gasteiger partial charge in [-0.1, -0.05) is 23.7 Å². The van der Waals surface area contributed by atoms with Gasteiger partial charge in [-0.3, -0.25) is 4.79 Å². The topological polar surface area (TPSA) is 69.7 Å². The highest BCUT2D eigenvalue weighted by atomic mass is 35.5. The van der Waals surface area contributed by atoms with Crippen LogP contribution in [0, 0.1) is 0 Å². The third-order valence-corrected chi connectivity index (χ3v) is 5.06. The number of hydrogen-bond donors (Lipinski definition) is 1. The van der Waals surface area contributed by atoms with E-state index in [1.54, 1.807) is 12.1 Å². The van der Waals surface area contributed by atoms with Gasteiger partial charge in [0.25, 0.3) is 10.2 Å². The van der Waals surface area contributed by atoms with E-state index in [0.717, 1.165) is 14.2 Å². The summed E-state index contributed by atoms with van der Waals surface area (Å²) in [5, 5.41) is 3.37. The lowest BCUT2D eigenvalue weighted by Crippen LogP contribution is -2.43. The number of carbonyl (C=O) groups is 1. The molecule has 0 fully saturated rings. The lowest BCUT2D eigenvalue weighted by atomic mass is 10.1. The summed E-state index contributed by atoms with van der Waals surface area (Å²) in [6.45, 7) is 1.58. The molecule has 0 heterocycles. The fourth-order valence-corrected chi connectivity index (χ4v) is 2.65. The Balaban J connectivity index is 2.63. The first kappa shape index (κ1) is 17.9. The zero-order valence-corrected chi connectivity index (χ0v) is 14.1. The molecule has 0 aliphatic heterocycles. The van der Waals surface area contributed by atoms with Gasteiger partial charge >= 0.3 is 0 Å². The largest absolute Gasteiger partial charge is 0.348 e. The lowest BCUT2D eigenvalue weighted by molar-refractivity contribution is -0.121. The number of halogens is 1. The van der Waals surface area contributed by atoms with Crippen LogP contribution in [0.2, 0.25) is 5.02 Å². The van der Waals surface area contributed by atoms with E-state index in [1.165, 1.54) is 21.1 Å². The van der Waals surface area contributed by atoms with Crippen molar-refractivity contribution in [1.29, 1.82) is 0 Å². The molecule has 1 atom stereocenters. The second-order valence-electron chi connectivity index (χ2n) is 4.89. The van der Waals surface area contributed by atoms with Crippen LogP contribution < -0.4 is 5.32 Å². The minimum absolute atomic E-state index is 0.231. The smallest absolute Gasteiger partial charge is 0.281 e. The third-order valence-electron chi connectivity index (χ3n) is 2.97. The Kier molecular flexibility index (Phi) is 6.15. The number of nitrogens with zero attached hydrogens (tertiary/aromatic N) is 2. The molecule has 1 N–H and O–H groups in total. The Bertz CT molecular complexity index is 587. The Labute approximate surface area is 130 Å². The van der Waals surface area contributed by atoms with Crippen molar-refractivity contribution in [3.8, 4) is 0 Å². The van der Waals surface area contributed by atoms with Gasteiger partial charge in [0.15, 0.2) is 0 Å². The second-order valence-corrected chi connectivity index (χ2v) is 7.57. The van der Waals surface area contributed by atoms with Crippen molar-refractivity contribution in [2.75, 3.05) is 27.7 Å². The summed E-state index contributed by atoms with van der Waals surface area (Å²) >= 11 is 5.81. The summed E-state index contributed by atoms with van der Waals surface area (Å²) in [5.41, 5.74) is 0.894. The average Bonchev–Trinajstić information content (AvgIpc) is 2.38. The van der Waals surface area contributed by atoms with E-state index >= 15 is 0 Å². The molecule has 1 amide bonds. The van der Waals surface area contributed by atoms with Gasteiger partial charge in [0.1, 0.15) is 0 Å². The Morgan fingerprint density at radius 2 is 1.76 bits per heavy atom. The van der Waals surface area contributed by atoms with Gasteiger partial charge in [0.2, 0.25) is 5.91 Å². The highest BCUT2D eigenvalue weighted by molar-refractivity contribution is 7.86. The van der Waals surface area contributed by atoms with Gasteiger partial charge in [0.05, 0.1) is 12.6 Å². The molecule has 8 heteroatoms. The Hall–Kier alpha value is -1.15. The number of likely N-dealkylation sites (N-methyl/N-ethyl adjacent to an activating group) is 1. The van der Waals surface area contributed by atoms with E-state index < -0.39 is 10.2 Å². The van der Waals surface area contributed by atoms with Crippen LogP contribution in [0.5, 0.6) is 0 Å². The van der Waals surface area contributed by atoms with Crippen LogP contribution >= 0.6 is 11.6 Å². The molecular formula is C13H20ClN3O3S. The monoisotopic (exact) mass is 333 g/mol. The van der Waals surface area contributed by atoms with E-state index in [-0.39, 0.29) is 18.5 Å². The molecule has 118 valence electrons. The van der Waals surface area contributed by atoms with Crippen LogP contribution in [0.3, 0.4) is 0 Å². The standard InChI is InChI=1S/C13H20ClN3O3S/c1-10(11-5-7-12(14)8-6-11)15-13(18)9-17(4)21(19,20)16(2)3/h5-8,10H,9H2,1-4H3,(H,15,18)/t10-/m1/s1. The van der Waals surface area contributed by atoms with Crippen LogP contribution in [0.1, 0.15) is 18.5 Å². The molecule has 1 rings (SSSR count). The quantitative estimate of drug-likeness (QED) is 0.852. The van der Waals surface area contributed by atoms with Gasteiger partial charge in [-0.2, -0.15) is 17.0 Å². The minimum Gasteiger partial charge on any atom is -0.348 e. The zero-order valence-electron chi connectivity index (χ0n) is 12.5. The summed E-state index contributed by atoms with van der Waals surface area (Å²) < 4.78 is 25.7. The molecule has 21 heavy (non-hydrogen) atoms. The third kappa shape index (κ3) is 4.96. The number of amides is 1. The van der Waals surface area contributed by atoms with Crippen molar-refractivity contribution >= 4 is 27.7 Å². The van der Waals surface area contributed by atoms with E-state index in [1.807, 2.05) is 19.1 Å². The van der Waals surface area contributed by atoms with E-state index in [9.17, 15) is 13.2 Å². The fraction of sp³-hybridized carbons (Fsp3) is 0.462. The first-order chi connectivity index (χ1) is 9.64. The highest BCUT2D eigenvalue weighted by Crippen LogP contribution is 2.16. The van der Waals surface area contributed by atoms with E-state index in [4.69, 9.17) is 11.6 Å². The summed E-state index contributed by atoms with van der Waals surface area (Å²) in [4.78, 5) is 11.9. The number of nitrogens with one attached hydrogen (secondary N) is 1. The molecular weight excluding hydrogens is 314 g/mol. The van der Waals surface area contributed by atoms with Crippen LogP contribution in [0.25, 0.3) is 0 Å². The van der Waals surface area contributed by atoms with Crippen molar-refractivity contribution in [1.82, 2.24) is 13.9 Å². The predicted octanol–water partition coefficient (Wildman–Crippen LogP) is 1.26. The summed E-state index contributed by atoms with van der Waals surface area (Å²) in [6.07, 6.45) is 0. The second kappa shape index (κ2) is 7.22. The Morgan fingerprint density at radius 1 is 1.24 bits per heavy atom. The maximum absolute atomic E-state index is 11.9. The summed E-state index contributed by atoms with van der Waals surface area (Å²) in [6, 6.07) is 6.87. The maximum atomic E-state index is 11.9. The average molecular weight is 334 g/mol. The number of carbonyl (C=O) groups excluding carboxylic acids is 1. The van der Waals surface area contributed by atoms with Crippen LogP contribution in [-0.4, -0.2) is 50.6 Å². The van der Waals surface area contributed by atoms with Gasteiger partial charge in [0, 0.05) is 26.2 Å². The Morgan fingerprint density at radius 3 is 2.24 bits per heavy atom. The molecule has 0 aromatic heterocycles. The maximum Gasteiger partial charge on any atom is 0.281 e. The van der Waals surface area contributed by atoms with Crippen molar-refractivity contribution in [3.63, 3.8) is 0 Å². The molecule has 0 radical (unpaired) electrons. The van der Waals surface area contributed by atoms with Crippen LogP contribution in [-0.2, 0) is 15.0 Å². The van der Waals surface area contributed by atoms with Crippen molar-refractivity contribution in [2.45, 2.75) is 13.0 Å². The van der Waals surface area contributed by atoms with Crippen LogP contribution in [0.4, 0.5) is 0 Å². The minimum atomic E-state index is -3.59. The highest BCUT2D eigenvalue weighted by Gasteiger charge is 2.23. The van der Waals surface area contributed by atoms with Crippen LogP contribution in [0.15, 0.2) is 24.3 Å². The molecule has 0 aliphatic carbocycles. The lowest BCUT2D eigenvalue weighted by Gasteiger charge is -2.22. The molecule has 0 saturated heterocycles. The molecule has 1 aromatic rings. The molecule has 0 saturated carbocycles. The van der Waals surface area contributed by atoms with Crippen molar-refractivity contribution < 1.29 is 13.2 Å². The molecule has 0 unspecified atom stereocenters. The first-order valence-electron chi connectivity index (χ1n) is 6.33. The fourth-order valence-electron chi connectivity index (χ4n) is 1.68. The summed E-state index contributed by atoms with van der Waals surface area (Å²) in [5.74, 6) is -0.370. The number of rotatable bonds is 6. The van der Waals surface area contributed by atoms with Gasteiger partial charge in [-0.15, -0.1) is 0 Å². The van der Waals surface area contributed by atoms with Gasteiger partial charge in [-0.25, -0.2) is 0 Å². The molecule has 0 aliphatic rings. The van der Waals surface area contributed by atoms with E-state index in [2.05, 4.69) is 5.32 Å². The molecule has 6 nitrogen and oxygen atoms in total. The zero-order chi connectivity index (χ0) is 16.2. The van der Waals surface area contributed by atoms with Crippen molar-refractivity contribution in [3.05, 3.63) is 34.9 Å². The summed E-state index contributed by atoms with van der Waals surface area (Å²) in [7, 11) is 0.607. The number of benzene rings is 1. The van der Waals surface area contributed by atoms with Gasteiger partial charge < -0.3 is 5.32 Å². The normalized spacial score (nSPS) is 13.5. The first-order valence-corrected chi connectivity index (χ1v) is 8.10. The molecule has 0 spiro atoms. The predicted molar refractivity (Wildman–Crippen MR) is 83.2 cm³/mol. The van der Waals surface area contributed by atoms with E-state index in [0.29, 0.717) is 5.02 Å².